The van der Waals surface area contributed by atoms with E-state index in [4.69, 9.17) is 17.3 Å². The zero-order chi connectivity index (χ0) is 16.6. The van der Waals surface area contributed by atoms with Gasteiger partial charge in [0.2, 0.25) is 5.91 Å². The van der Waals surface area contributed by atoms with E-state index in [0.29, 0.717) is 10.8 Å². The van der Waals surface area contributed by atoms with Crippen LogP contribution in [0.5, 0.6) is 0 Å². The molecule has 120 valence electrons. The van der Waals surface area contributed by atoms with Crippen LogP contribution in [-0.4, -0.2) is 26.1 Å². The van der Waals surface area contributed by atoms with Gasteiger partial charge in [-0.1, -0.05) is 11.6 Å². The van der Waals surface area contributed by atoms with Gasteiger partial charge < -0.3 is 16.0 Å². The predicted molar refractivity (Wildman–Crippen MR) is 87.9 cm³/mol. The summed E-state index contributed by atoms with van der Waals surface area (Å²) in [6.07, 6.45) is 0. The summed E-state index contributed by atoms with van der Waals surface area (Å²) < 4.78 is 0. The maximum absolute atomic E-state index is 12.2. The summed E-state index contributed by atoms with van der Waals surface area (Å²) in [5, 5.41) is 10.3. The van der Waals surface area contributed by atoms with E-state index in [1.807, 2.05) is 19.9 Å². The van der Waals surface area contributed by atoms with Gasteiger partial charge in [0.1, 0.15) is 11.9 Å². The van der Waals surface area contributed by atoms with Crippen LogP contribution in [0.3, 0.4) is 0 Å². The Morgan fingerprint density at radius 1 is 1.43 bits per heavy atom. The van der Waals surface area contributed by atoms with Gasteiger partial charge in [-0.25, -0.2) is 4.98 Å². The first-order valence-corrected chi connectivity index (χ1v) is 7.52. The van der Waals surface area contributed by atoms with Gasteiger partial charge in [0.15, 0.2) is 0 Å². The number of benzene rings is 1. The Balaban J connectivity index is 1.70. The summed E-state index contributed by atoms with van der Waals surface area (Å²) in [6, 6.07) is 4.61. The number of nitrogens with two attached hydrogens (primary N) is 1. The molecule has 2 aromatic heterocycles. The van der Waals surface area contributed by atoms with E-state index in [1.165, 1.54) is 0 Å². The molecule has 1 unspecified atom stereocenters. The fourth-order valence-electron chi connectivity index (χ4n) is 2.55. The quantitative estimate of drug-likeness (QED) is 0.584. The van der Waals surface area contributed by atoms with Crippen molar-refractivity contribution in [3.05, 3.63) is 46.0 Å². The highest BCUT2D eigenvalue weighted by Gasteiger charge is 2.21. The topological polar surface area (TPSA) is 112 Å². The number of halogens is 1. The maximum atomic E-state index is 12.2. The van der Waals surface area contributed by atoms with E-state index < -0.39 is 6.04 Å². The van der Waals surface area contributed by atoms with Crippen molar-refractivity contribution in [2.75, 3.05) is 0 Å². The number of hydrogen-bond acceptors (Lipinski definition) is 4. The molecule has 0 saturated carbocycles. The molecule has 1 amide bonds. The molecule has 8 heteroatoms. The zero-order valence-corrected chi connectivity index (χ0v) is 13.5. The van der Waals surface area contributed by atoms with E-state index >= 15 is 0 Å². The smallest absolute Gasteiger partial charge is 0.242 e. The second-order valence-electron chi connectivity index (χ2n) is 5.39. The molecule has 5 N–H and O–H groups in total. The van der Waals surface area contributed by atoms with Crippen molar-refractivity contribution in [3.63, 3.8) is 0 Å². The van der Waals surface area contributed by atoms with E-state index in [0.717, 1.165) is 28.0 Å². The lowest BCUT2D eigenvalue weighted by Crippen LogP contribution is -2.34. The second-order valence-corrected chi connectivity index (χ2v) is 5.82. The number of aryl methyl sites for hydroxylation is 2. The van der Waals surface area contributed by atoms with Crippen molar-refractivity contribution in [1.29, 1.82) is 0 Å². The number of aromatic nitrogens is 4. The minimum absolute atomic E-state index is 0.259. The molecule has 23 heavy (non-hydrogen) atoms. The lowest BCUT2D eigenvalue weighted by atomic mass is 10.1. The average Bonchev–Trinajstić information content (AvgIpc) is 3.06. The van der Waals surface area contributed by atoms with Crippen LogP contribution in [-0.2, 0) is 11.3 Å². The largest absolute Gasteiger partial charge is 0.347 e. The first kappa shape index (κ1) is 15.5. The molecule has 0 radical (unpaired) electrons. The van der Waals surface area contributed by atoms with Gasteiger partial charge in [-0.15, -0.1) is 0 Å². The van der Waals surface area contributed by atoms with Gasteiger partial charge in [-0.05, 0) is 32.0 Å². The van der Waals surface area contributed by atoms with Gasteiger partial charge in [0.25, 0.3) is 0 Å². The van der Waals surface area contributed by atoms with Crippen molar-refractivity contribution in [1.82, 2.24) is 25.5 Å². The zero-order valence-electron chi connectivity index (χ0n) is 12.8. The van der Waals surface area contributed by atoms with Crippen molar-refractivity contribution < 1.29 is 4.79 Å². The Morgan fingerprint density at radius 3 is 2.91 bits per heavy atom. The van der Waals surface area contributed by atoms with Crippen LogP contribution in [0.2, 0.25) is 5.02 Å². The Kier molecular flexibility index (Phi) is 4.06. The Hall–Kier alpha value is -2.38. The van der Waals surface area contributed by atoms with E-state index in [-0.39, 0.29) is 12.5 Å². The third kappa shape index (κ3) is 3.06. The second kappa shape index (κ2) is 6.02. The molecule has 1 atom stereocenters. The van der Waals surface area contributed by atoms with Crippen LogP contribution in [0.25, 0.3) is 11.0 Å². The molecule has 0 aliphatic carbocycles. The van der Waals surface area contributed by atoms with Crippen LogP contribution < -0.4 is 11.1 Å². The lowest BCUT2D eigenvalue weighted by molar-refractivity contribution is -0.122. The SMILES string of the molecule is Cc1n[nH]c(C)c1C(N)C(=O)NCc1nc2ccc(Cl)cc2[nH]1. The fourth-order valence-corrected chi connectivity index (χ4v) is 2.72. The summed E-state index contributed by atoms with van der Waals surface area (Å²) in [5.41, 5.74) is 9.89. The fraction of sp³-hybridized carbons (Fsp3) is 0.267. The molecule has 1 aromatic carbocycles. The third-order valence-corrected chi connectivity index (χ3v) is 3.94. The molecule has 3 aromatic rings. The monoisotopic (exact) mass is 332 g/mol. The molecule has 0 bridgehead atoms. The number of rotatable bonds is 4. The van der Waals surface area contributed by atoms with E-state index in [9.17, 15) is 4.79 Å². The van der Waals surface area contributed by atoms with Gasteiger partial charge in [-0.2, -0.15) is 5.10 Å². The van der Waals surface area contributed by atoms with Crippen molar-refractivity contribution in [2.24, 2.45) is 5.73 Å². The number of nitrogens with one attached hydrogen (secondary N) is 3. The van der Waals surface area contributed by atoms with Gasteiger partial charge >= 0.3 is 0 Å². The summed E-state index contributed by atoms with van der Waals surface area (Å²) in [6.45, 7) is 3.91. The summed E-state index contributed by atoms with van der Waals surface area (Å²) in [4.78, 5) is 19.8. The van der Waals surface area contributed by atoms with Crippen LogP contribution in [0.15, 0.2) is 18.2 Å². The van der Waals surface area contributed by atoms with Crippen LogP contribution >= 0.6 is 11.6 Å². The van der Waals surface area contributed by atoms with E-state index in [1.54, 1.807) is 12.1 Å². The number of amides is 1. The third-order valence-electron chi connectivity index (χ3n) is 3.70. The molecule has 0 spiro atoms. The molecule has 3 rings (SSSR count). The normalized spacial score (nSPS) is 12.5. The molecule has 0 fully saturated rings. The number of carbonyl (C=O) groups is 1. The van der Waals surface area contributed by atoms with Crippen LogP contribution in [0.1, 0.15) is 28.8 Å². The lowest BCUT2D eigenvalue weighted by Gasteiger charge is -2.12. The minimum Gasteiger partial charge on any atom is -0.347 e. The highest BCUT2D eigenvalue weighted by Crippen LogP contribution is 2.19. The first-order valence-electron chi connectivity index (χ1n) is 7.14. The van der Waals surface area contributed by atoms with Gasteiger partial charge in [-0.3, -0.25) is 9.89 Å². The first-order chi connectivity index (χ1) is 11.0. The van der Waals surface area contributed by atoms with E-state index in [2.05, 4.69) is 25.5 Å². The Morgan fingerprint density at radius 2 is 2.22 bits per heavy atom. The number of hydrogen-bond donors (Lipinski definition) is 4. The van der Waals surface area contributed by atoms with Crippen molar-refractivity contribution in [2.45, 2.75) is 26.4 Å². The molecule has 2 heterocycles. The van der Waals surface area contributed by atoms with Crippen LogP contribution in [0, 0.1) is 13.8 Å². The standard InChI is InChI=1S/C15H17ClN6O/c1-7-13(8(2)22-21-7)14(17)15(23)18-6-12-19-10-4-3-9(16)5-11(10)20-12/h3-5,14H,6,17H2,1-2H3,(H,18,23)(H,19,20)(H,21,22). The van der Waals surface area contributed by atoms with Crippen molar-refractivity contribution >= 4 is 28.5 Å². The number of aromatic amines is 2. The average molecular weight is 333 g/mol. The Labute approximate surface area is 137 Å². The molecule has 0 aliphatic rings. The highest BCUT2D eigenvalue weighted by molar-refractivity contribution is 6.31. The number of nitrogens with zero attached hydrogens (tertiary/aromatic N) is 2. The predicted octanol–water partition coefficient (Wildman–Crippen LogP) is 1.87. The molecule has 7 nitrogen and oxygen atoms in total. The summed E-state index contributed by atoms with van der Waals surface area (Å²) >= 11 is 5.94. The summed E-state index contributed by atoms with van der Waals surface area (Å²) in [5.74, 6) is 0.361. The molecular weight excluding hydrogens is 316 g/mol. The minimum atomic E-state index is -0.771. The van der Waals surface area contributed by atoms with Gasteiger partial charge in [0.05, 0.1) is 23.3 Å². The highest BCUT2D eigenvalue weighted by atomic mass is 35.5. The molecule has 0 aliphatic heterocycles. The summed E-state index contributed by atoms with van der Waals surface area (Å²) in [7, 11) is 0. The van der Waals surface area contributed by atoms with Crippen LogP contribution in [0.4, 0.5) is 0 Å². The number of carbonyl (C=O) groups excluding carboxylic acids is 1. The maximum Gasteiger partial charge on any atom is 0.242 e. The van der Waals surface area contributed by atoms with Crippen molar-refractivity contribution in [3.8, 4) is 0 Å². The number of imidazole rings is 1. The Bertz CT molecular complexity index is 849. The molecular formula is C15H17ClN6O. The van der Waals surface area contributed by atoms with Gasteiger partial charge in [0, 0.05) is 16.3 Å². The number of fused-ring (bicyclic) bond motifs is 1. The molecule has 0 saturated heterocycles. The number of H-pyrrole nitrogens is 2.